The number of rotatable bonds is 6. The van der Waals surface area contributed by atoms with Gasteiger partial charge in [0.15, 0.2) is 17.4 Å². The summed E-state index contributed by atoms with van der Waals surface area (Å²) < 4.78 is 21.1. The lowest BCUT2D eigenvalue weighted by atomic mass is 10.2. The van der Waals surface area contributed by atoms with E-state index in [1.165, 1.54) is 12.8 Å². The molecule has 176 valence electrons. The molecule has 4 heterocycles. The fourth-order valence-electron chi connectivity index (χ4n) is 4.45. The van der Waals surface area contributed by atoms with E-state index in [4.69, 9.17) is 4.74 Å². The maximum atomic E-state index is 15.2. The molecule has 0 radical (unpaired) electrons. The highest BCUT2D eigenvalue weighted by atomic mass is 19.1. The Morgan fingerprint density at radius 2 is 2.03 bits per heavy atom. The highest BCUT2D eigenvalue weighted by molar-refractivity contribution is 5.82. The number of fused-ring (bicyclic) bond motifs is 1. The van der Waals surface area contributed by atoms with Crippen molar-refractivity contribution >= 4 is 28.4 Å². The zero-order valence-corrected chi connectivity index (χ0v) is 19.2. The van der Waals surface area contributed by atoms with Gasteiger partial charge in [-0.3, -0.25) is 5.10 Å². The van der Waals surface area contributed by atoms with Crippen LogP contribution < -0.4 is 20.3 Å². The number of hydrogen-bond acceptors (Lipinski definition) is 7. The van der Waals surface area contributed by atoms with E-state index in [0.29, 0.717) is 22.9 Å². The van der Waals surface area contributed by atoms with E-state index in [0.717, 1.165) is 42.4 Å². The normalized spacial score (nSPS) is 18.4. The van der Waals surface area contributed by atoms with Crippen molar-refractivity contribution in [2.45, 2.75) is 38.6 Å². The Balaban J connectivity index is 1.34. The summed E-state index contributed by atoms with van der Waals surface area (Å²) in [5.41, 5.74) is 2.73. The number of aromatic nitrogens is 5. The summed E-state index contributed by atoms with van der Waals surface area (Å²) in [6.45, 7) is 6.54. The molecule has 1 saturated heterocycles. The molecule has 1 aliphatic heterocycles. The molecule has 4 aromatic rings. The monoisotopic (exact) mass is 462 g/mol. The van der Waals surface area contributed by atoms with Crippen molar-refractivity contribution in [3.05, 3.63) is 47.5 Å². The van der Waals surface area contributed by atoms with Gasteiger partial charge in [-0.05, 0) is 44.9 Å². The van der Waals surface area contributed by atoms with Crippen LogP contribution in [0, 0.1) is 12.7 Å². The van der Waals surface area contributed by atoms with Crippen LogP contribution in [0.15, 0.2) is 30.3 Å². The van der Waals surface area contributed by atoms with Gasteiger partial charge in [-0.25, -0.2) is 4.39 Å². The number of benzene rings is 1. The molecule has 0 spiro atoms. The standard InChI is InChI=1S/C24H27FN8O/c1-13-9-16-17(27-13)5-6-19(23(16)25)34-24-29-20(28-21-10-18(31-32-21)15-3-4-15)11-22(30-24)33-8-7-26-12-14(33)2/h5-6,9-11,14-15,26-27H,3-4,7-8,12H2,1-2H3,(H2,28,29,30,31,32)/t14-/m0/s1. The molecular formula is C24H27FN8O. The van der Waals surface area contributed by atoms with Crippen molar-refractivity contribution < 1.29 is 9.13 Å². The summed E-state index contributed by atoms with van der Waals surface area (Å²) in [7, 11) is 0. The number of piperazine rings is 1. The van der Waals surface area contributed by atoms with E-state index in [-0.39, 0.29) is 17.8 Å². The Labute approximate surface area is 196 Å². The second-order valence-corrected chi connectivity index (χ2v) is 9.14. The second kappa shape index (κ2) is 8.28. The lowest BCUT2D eigenvalue weighted by Crippen LogP contribution is -2.50. The van der Waals surface area contributed by atoms with E-state index < -0.39 is 5.82 Å². The molecule has 1 aromatic carbocycles. The first-order valence-electron chi connectivity index (χ1n) is 11.7. The molecule has 6 rings (SSSR count). The van der Waals surface area contributed by atoms with E-state index in [1.807, 2.05) is 19.1 Å². The third kappa shape index (κ3) is 4.05. The first-order valence-corrected chi connectivity index (χ1v) is 11.7. The van der Waals surface area contributed by atoms with E-state index in [9.17, 15) is 0 Å². The zero-order chi connectivity index (χ0) is 23.2. The quantitative estimate of drug-likeness (QED) is 0.338. The van der Waals surface area contributed by atoms with Crippen LogP contribution in [0.1, 0.15) is 37.1 Å². The lowest BCUT2D eigenvalue weighted by Gasteiger charge is -2.35. The van der Waals surface area contributed by atoms with Gasteiger partial charge in [-0.1, -0.05) is 0 Å². The molecule has 4 N–H and O–H groups in total. The molecule has 2 aliphatic rings. The molecule has 1 atom stereocenters. The van der Waals surface area contributed by atoms with Gasteiger partial charge in [0.1, 0.15) is 11.6 Å². The van der Waals surface area contributed by atoms with Crippen molar-refractivity contribution in [2.75, 3.05) is 29.9 Å². The predicted octanol–water partition coefficient (Wildman–Crippen LogP) is 4.34. The number of nitrogens with zero attached hydrogens (tertiary/aromatic N) is 4. The number of ether oxygens (including phenoxy) is 1. The average Bonchev–Trinajstić information content (AvgIpc) is 3.45. The second-order valence-electron chi connectivity index (χ2n) is 9.14. The van der Waals surface area contributed by atoms with Crippen LogP contribution in [-0.2, 0) is 0 Å². The van der Waals surface area contributed by atoms with Gasteiger partial charge in [0, 0.05) is 66.0 Å². The average molecular weight is 463 g/mol. The first-order chi connectivity index (χ1) is 16.5. The van der Waals surface area contributed by atoms with Crippen LogP contribution in [0.3, 0.4) is 0 Å². The van der Waals surface area contributed by atoms with Crippen molar-refractivity contribution in [3.8, 4) is 11.8 Å². The van der Waals surface area contributed by atoms with Crippen LogP contribution in [0.25, 0.3) is 10.9 Å². The number of aryl methyl sites for hydroxylation is 1. The molecule has 2 fully saturated rings. The maximum Gasteiger partial charge on any atom is 0.326 e. The Morgan fingerprint density at radius 3 is 2.85 bits per heavy atom. The number of halogens is 1. The molecular weight excluding hydrogens is 435 g/mol. The van der Waals surface area contributed by atoms with Crippen LogP contribution in [0.2, 0.25) is 0 Å². The molecule has 3 aromatic heterocycles. The highest BCUT2D eigenvalue weighted by Crippen LogP contribution is 2.40. The number of H-pyrrole nitrogens is 2. The summed E-state index contributed by atoms with van der Waals surface area (Å²) in [5, 5.41) is 14.6. The number of nitrogens with one attached hydrogen (secondary N) is 4. The Bertz CT molecular complexity index is 1340. The Kier molecular flexibility index (Phi) is 5.09. The van der Waals surface area contributed by atoms with Crippen LogP contribution in [0.4, 0.5) is 21.8 Å². The largest absolute Gasteiger partial charge is 0.421 e. The summed E-state index contributed by atoms with van der Waals surface area (Å²) in [6, 6.07) is 9.37. The van der Waals surface area contributed by atoms with Crippen molar-refractivity contribution in [2.24, 2.45) is 0 Å². The van der Waals surface area contributed by atoms with Gasteiger partial charge in [-0.15, -0.1) is 0 Å². The minimum atomic E-state index is -0.442. The SMILES string of the molecule is Cc1cc2c(F)c(Oc3nc(Nc4cc(C5CC5)[nH]n4)cc(N4CCNC[C@@H]4C)n3)ccc2[nH]1. The summed E-state index contributed by atoms with van der Waals surface area (Å²) in [5.74, 6) is 2.15. The predicted molar refractivity (Wildman–Crippen MR) is 129 cm³/mol. The molecule has 0 bridgehead atoms. The number of anilines is 3. The van der Waals surface area contributed by atoms with Crippen molar-refractivity contribution in [3.63, 3.8) is 0 Å². The topological polar surface area (TPSA) is 107 Å². The molecule has 10 heteroatoms. The third-order valence-electron chi connectivity index (χ3n) is 6.40. The van der Waals surface area contributed by atoms with Gasteiger partial charge < -0.3 is 25.3 Å². The van der Waals surface area contributed by atoms with Gasteiger partial charge in [0.25, 0.3) is 0 Å². The first kappa shape index (κ1) is 20.9. The summed E-state index contributed by atoms with van der Waals surface area (Å²) >= 11 is 0. The maximum absolute atomic E-state index is 15.2. The Hall–Kier alpha value is -3.66. The van der Waals surface area contributed by atoms with Crippen LogP contribution >= 0.6 is 0 Å². The van der Waals surface area contributed by atoms with Crippen LogP contribution in [0.5, 0.6) is 11.8 Å². The van der Waals surface area contributed by atoms with Gasteiger partial charge >= 0.3 is 6.01 Å². The molecule has 9 nitrogen and oxygen atoms in total. The van der Waals surface area contributed by atoms with Gasteiger partial charge in [0.05, 0.1) is 0 Å². The summed E-state index contributed by atoms with van der Waals surface area (Å²) in [6.07, 6.45) is 2.38. The highest BCUT2D eigenvalue weighted by Gasteiger charge is 2.26. The van der Waals surface area contributed by atoms with Crippen LogP contribution in [-0.4, -0.2) is 50.8 Å². The molecule has 0 unspecified atom stereocenters. The Morgan fingerprint density at radius 1 is 1.15 bits per heavy atom. The van der Waals surface area contributed by atoms with Gasteiger partial charge in [0.2, 0.25) is 0 Å². The zero-order valence-electron chi connectivity index (χ0n) is 19.2. The molecule has 34 heavy (non-hydrogen) atoms. The van der Waals surface area contributed by atoms with E-state index in [1.54, 1.807) is 18.2 Å². The van der Waals surface area contributed by atoms with Crippen molar-refractivity contribution in [1.29, 1.82) is 0 Å². The fourth-order valence-corrected chi connectivity index (χ4v) is 4.45. The molecule has 1 aliphatic carbocycles. The van der Waals surface area contributed by atoms with E-state index in [2.05, 4.69) is 47.6 Å². The number of aromatic amines is 2. The fraction of sp³-hybridized carbons (Fsp3) is 0.375. The molecule has 1 saturated carbocycles. The lowest BCUT2D eigenvalue weighted by molar-refractivity contribution is 0.412. The smallest absolute Gasteiger partial charge is 0.326 e. The summed E-state index contributed by atoms with van der Waals surface area (Å²) in [4.78, 5) is 14.5. The molecule has 0 amide bonds. The van der Waals surface area contributed by atoms with Gasteiger partial charge in [-0.2, -0.15) is 15.1 Å². The minimum absolute atomic E-state index is 0.0780. The number of hydrogen-bond donors (Lipinski definition) is 4. The third-order valence-corrected chi connectivity index (χ3v) is 6.40. The van der Waals surface area contributed by atoms with E-state index >= 15 is 4.39 Å². The minimum Gasteiger partial charge on any atom is -0.421 e. The van der Waals surface area contributed by atoms with Crippen molar-refractivity contribution in [1.82, 2.24) is 30.5 Å².